The highest BCUT2D eigenvalue weighted by atomic mass is 16.8. The van der Waals surface area contributed by atoms with Crippen LogP contribution in [0.25, 0.3) is 0 Å². The first-order valence-corrected chi connectivity index (χ1v) is 38.0. The zero-order valence-corrected chi connectivity index (χ0v) is 67.8. The number of unbranched alkanes of at least 4 members (excludes halogenated alkanes) is 8. The minimum atomic E-state index is -1.23. The monoisotopic (exact) mass is 1580 g/mol. The molecule has 0 radical (unpaired) electrons. The molecule has 0 aromatic rings. The van der Waals surface area contributed by atoms with Crippen LogP contribution in [0.4, 0.5) is 0 Å². The second kappa shape index (κ2) is 48.4. The van der Waals surface area contributed by atoms with Crippen molar-refractivity contribution in [3.05, 3.63) is 0 Å². The summed E-state index contributed by atoms with van der Waals surface area (Å²) in [6.07, 6.45) is -26.8. The van der Waals surface area contributed by atoms with Gasteiger partial charge in [-0.15, -0.1) is 0 Å². The SMILES string of the molecule is COC[C@H]1O[C@@H]2O[C@H]3[C@H](OC)[C@@H](OC)[C@@H](O[C@H]4[C@H](OC)[C@@H](OC)[C@@H](O[C@H]5[C@H](OC)[C@@H](OC)[C@@H](O[C@H]6[C@H](OC)[C@@H](OCCCCCCCCCCCN)[C@@H](O[C@H]7[C@H](OC)[C@@H](OC)[C@@H](O[C@H]8[C@H](OC)[C@@H](OC)[C@@H](O[C@H]1[C@H](OC)[C@H]2OC)O[C@@H]8COC)O[C@@H]7COC)O[C@@H]6COC)O[C@@H]5COC)O[C@@H]4COC)O[C@@H]3COC. The van der Waals surface area contributed by atoms with Gasteiger partial charge in [0.25, 0.3) is 0 Å². The maximum absolute atomic E-state index is 7.28. The minimum Gasteiger partial charge on any atom is -0.382 e. The van der Waals surface area contributed by atoms with Gasteiger partial charge in [-0.1, -0.05) is 44.9 Å². The van der Waals surface area contributed by atoms with Crippen LogP contribution < -0.4 is 5.73 Å². The normalized spacial score (nSPS) is 42.6. The van der Waals surface area contributed by atoms with Gasteiger partial charge in [-0.05, 0) is 19.4 Å². The van der Waals surface area contributed by atoms with Crippen LogP contribution in [0.3, 0.4) is 0 Å². The van der Waals surface area contributed by atoms with E-state index in [1.807, 2.05) is 0 Å². The molecule has 36 heteroatoms. The summed E-state index contributed by atoms with van der Waals surface area (Å²) in [5, 5.41) is 0. The van der Waals surface area contributed by atoms with Gasteiger partial charge < -0.3 is 172 Å². The largest absolute Gasteiger partial charge is 0.382 e. The molecule has 36 nitrogen and oxygen atoms in total. The van der Waals surface area contributed by atoms with Crippen LogP contribution >= 0.6 is 0 Å². The number of rotatable bonds is 39. The molecule has 21 rings (SSSR count). The topological polar surface area (TPSA) is 349 Å². The number of methoxy groups -OCH3 is 20. The van der Waals surface area contributed by atoms with E-state index >= 15 is 0 Å². The van der Waals surface area contributed by atoms with Crippen molar-refractivity contribution in [2.45, 2.75) is 273 Å². The third-order valence-electron chi connectivity index (χ3n) is 21.7. The van der Waals surface area contributed by atoms with E-state index in [2.05, 4.69) is 0 Å². The summed E-state index contributed by atoms with van der Waals surface area (Å²) in [4.78, 5) is 0. The first kappa shape index (κ1) is 93.1. The van der Waals surface area contributed by atoms with Gasteiger partial charge in [-0.3, -0.25) is 0 Å². The molecular weight excluding hydrogens is 1450 g/mol. The summed E-state index contributed by atoms with van der Waals surface area (Å²) >= 11 is 0. The Bertz CT molecular complexity index is 2410. The van der Waals surface area contributed by atoms with Gasteiger partial charge in [0.1, 0.15) is 171 Å². The van der Waals surface area contributed by atoms with Gasteiger partial charge in [0.05, 0.1) is 46.2 Å². The lowest BCUT2D eigenvalue weighted by molar-refractivity contribution is -0.403. The number of hydrogen-bond acceptors (Lipinski definition) is 36. The highest BCUT2D eigenvalue weighted by molar-refractivity contribution is 5.04. The number of nitrogens with two attached hydrogens (primary N) is 1. The molecule has 21 saturated heterocycles. The van der Waals surface area contributed by atoms with Crippen LogP contribution in [0.5, 0.6) is 0 Å². The Labute approximate surface area is 643 Å². The van der Waals surface area contributed by atoms with Crippen molar-refractivity contribution in [2.24, 2.45) is 5.73 Å². The Morgan fingerprint density at radius 2 is 0.339 bits per heavy atom. The Morgan fingerprint density at radius 3 is 0.505 bits per heavy atom. The highest BCUT2D eigenvalue weighted by Crippen LogP contribution is 2.43. The maximum Gasteiger partial charge on any atom is 0.187 e. The predicted octanol–water partition coefficient (Wildman–Crippen LogP) is 1.35. The molecular formula is C73H133NO35. The molecule has 0 amide bonds. The Hall–Kier alpha value is -1.44. The van der Waals surface area contributed by atoms with Gasteiger partial charge in [0.2, 0.25) is 0 Å². The van der Waals surface area contributed by atoms with Crippen LogP contribution in [0.15, 0.2) is 0 Å². The second-order valence-electron chi connectivity index (χ2n) is 28.1. The van der Waals surface area contributed by atoms with Crippen molar-refractivity contribution < 1.29 is 166 Å². The van der Waals surface area contributed by atoms with Gasteiger partial charge in [0.15, 0.2) is 44.0 Å². The molecule has 0 aromatic heterocycles. The van der Waals surface area contributed by atoms with E-state index in [0.717, 1.165) is 51.4 Å². The predicted molar refractivity (Wildman–Crippen MR) is 379 cm³/mol. The van der Waals surface area contributed by atoms with Crippen LogP contribution in [0, 0.1) is 0 Å². The van der Waals surface area contributed by atoms with E-state index in [9.17, 15) is 0 Å². The lowest BCUT2D eigenvalue weighted by Gasteiger charge is -2.52. The van der Waals surface area contributed by atoms with Crippen molar-refractivity contribution in [2.75, 3.05) is 202 Å². The molecule has 109 heavy (non-hydrogen) atoms. The summed E-state index contributed by atoms with van der Waals surface area (Å²) in [5.41, 5.74) is 5.76. The van der Waals surface area contributed by atoms with Crippen molar-refractivity contribution in [3.8, 4) is 0 Å². The second-order valence-corrected chi connectivity index (χ2v) is 28.1. The Balaban J connectivity index is 1.23. The first-order valence-electron chi connectivity index (χ1n) is 38.0. The van der Waals surface area contributed by atoms with E-state index in [0.29, 0.717) is 19.6 Å². The third kappa shape index (κ3) is 22.7. The summed E-state index contributed by atoms with van der Waals surface area (Å²) in [6, 6.07) is 0. The minimum absolute atomic E-state index is 0.0356. The maximum atomic E-state index is 7.28. The number of hydrogen-bond donors (Lipinski definition) is 1. The summed E-state index contributed by atoms with van der Waals surface area (Å²) in [5.74, 6) is 0. The molecule has 0 saturated carbocycles. The molecule has 0 aromatic carbocycles. The smallest absolute Gasteiger partial charge is 0.187 e. The van der Waals surface area contributed by atoms with Gasteiger partial charge in [-0.25, -0.2) is 0 Å². The van der Waals surface area contributed by atoms with Gasteiger partial charge in [-0.2, -0.15) is 0 Å². The van der Waals surface area contributed by atoms with E-state index in [4.69, 9.17) is 172 Å². The van der Waals surface area contributed by atoms with Crippen molar-refractivity contribution in [1.82, 2.24) is 0 Å². The lowest BCUT2D eigenvalue weighted by Crippen LogP contribution is -2.69. The quantitative estimate of drug-likeness (QED) is 0.0849. The van der Waals surface area contributed by atoms with Gasteiger partial charge in [0, 0.05) is 149 Å². The van der Waals surface area contributed by atoms with Crippen molar-refractivity contribution in [3.63, 3.8) is 0 Å². The fraction of sp³-hybridized carbons (Fsp3) is 1.00. The lowest BCUT2D eigenvalue weighted by atomic mass is 9.94. The van der Waals surface area contributed by atoms with E-state index in [1.165, 1.54) is 107 Å². The third-order valence-corrected chi connectivity index (χ3v) is 21.7. The van der Waals surface area contributed by atoms with E-state index in [1.54, 1.807) is 35.5 Å². The van der Waals surface area contributed by atoms with Crippen LogP contribution in [-0.2, 0) is 166 Å². The van der Waals surface area contributed by atoms with Crippen LogP contribution in [0.2, 0.25) is 0 Å². The molecule has 2 N–H and O–H groups in total. The van der Waals surface area contributed by atoms with Gasteiger partial charge >= 0.3 is 0 Å². The van der Waals surface area contributed by atoms with Crippen LogP contribution in [-0.4, -0.2) is 417 Å². The van der Waals surface area contributed by atoms with Crippen molar-refractivity contribution in [1.29, 1.82) is 0 Å². The molecule has 0 unspecified atom stereocenters. The zero-order valence-electron chi connectivity index (χ0n) is 67.8. The molecule has 14 bridgehead atoms. The summed E-state index contributed by atoms with van der Waals surface area (Å²) in [7, 11) is 30.6. The first-order chi connectivity index (χ1) is 53.2. The standard InChI is InChI=1S/C73H133NO35/c1-75-32-39-46-53(82-8)60(89-15)68(96-39)104-48-41(34-77-3)98-70(62(91-17)55(48)84-10)106-50-43(36-79-5)100-72(64(93-19)57(50)86-12)108-52-45(38-81-7)102-73(66(59(52)88-14)95-31-29-27-25-23-21-22-24-26-28-30-74)109-51-44(37-80-6)101-71(65(94-20)58(51)87-13)107-49-42(35-78-4)99-69(63(92-18)56(49)85-11)105-47-40(33-76-2)97-67(103-46)61(90-16)54(47)83-9/h39-73H,21-38,74H2,1-20H3/t39-,40-,41-,42-,43-,44-,45-,46-,47-,48-,49-,50-,51-,52-,53+,54+,55+,56+,57+,58+,59+,60-,61-,62-,63-,64-,65-,66-,67-,68-,69-,70-,71-,72-,73-/m1/s1. The molecule has 21 fully saturated rings. The molecule has 0 aliphatic carbocycles. The molecule has 0 spiro atoms. The highest BCUT2D eigenvalue weighted by Gasteiger charge is 2.62. The average molecular weight is 1580 g/mol. The number of ether oxygens (including phenoxy) is 35. The fourth-order valence-electron chi connectivity index (χ4n) is 16.5. The van der Waals surface area contributed by atoms with Crippen LogP contribution in [0.1, 0.15) is 57.8 Å². The zero-order chi connectivity index (χ0) is 78.7. The Kier molecular flexibility index (Phi) is 41.4. The molecule has 21 aliphatic rings. The average Bonchev–Trinajstić information content (AvgIpc) is 0.784. The summed E-state index contributed by atoms with van der Waals surface area (Å²) < 4.78 is 230. The molecule has 35 atom stereocenters. The molecule has 21 aliphatic heterocycles. The van der Waals surface area contributed by atoms with E-state index in [-0.39, 0.29) is 46.2 Å². The fourth-order valence-corrected chi connectivity index (χ4v) is 16.5. The summed E-state index contributed by atoms with van der Waals surface area (Å²) in [6.45, 7) is 0.728. The molecule has 21 heterocycles. The van der Waals surface area contributed by atoms with E-state index < -0.39 is 215 Å². The van der Waals surface area contributed by atoms with Crippen molar-refractivity contribution >= 4 is 0 Å². The molecule has 640 valence electrons. The Morgan fingerprint density at radius 1 is 0.183 bits per heavy atom.